The zero-order chi connectivity index (χ0) is 16.9. The highest BCUT2D eigenvalue weighted by Gasteiger charge is 2.36. The first-order chi connectivity index (χ1) is 10.9. The summed E-state index contributed by atoms with van der Waals surface area (Å²) in [6, 6.07) is 0. The van der Waals surface area contributed by atoms with Crippen LogP contribution < -0.4 is 5.32 Å². The molecule has 2 fully saturated rings. The van der Waals surface area contributed by atoms with Crippen LogP contribution in [-0.2, 0) is 9.53 Å². The maximum Gasteiger partial charge on any atom is 0.407 e. The Morgan fingerprint density at radius 3 is 2.70 bits per heavy atom. The van der Waals surface area contributed by atoms with Gasteiger partial charge in [-0.1, -0.05) is 6.42 Å². The van der Waals surface area contributed by atoms with Crippen LogP contribution >= 0.6 is 11.8 Å². The minimum absolute atomic E-state index is 0.0630. The number of amides is 2. The summed E-state index contributed by atoms with van der Waals surface area (Å²) in [7, 11) is 0. The molecule has 2 rings (SSSR count). The van der Waals surface area contributed by atoms with Crippen molar-refractivity contribution in [3.8, 4) is 0 Å². The molecule has 0 bridgehead atoms. The number of nitrogens with one attached hydrogen (secondary N) is 1. The van der Waals surface area contributed by atoms with E-state index in [2.05, 4.69) is 5.32 Å². The van der Waals surface area contributed by atoms with Gasteiger partial charge in [-0.25, -0.2) is 4.79 Å². The lowest BCUT2D eigenvalue weighted by Gasteiger charge is -2.27. The molecule has 1 N–H and O–H groups in total. The lowest BCUT2D eigenvalue weighted by molar-refractivity contribution is -0.136. The molecule has 1 saturated heterocycles. The topological polar surface area (TPSA) is 58.6 Å². The predicted molar refractivity (Wildman–Crippen MR) is 93.6 cm³/mol. The molecule has 2 unspecified atom stereocenters. The second kappa shape index (κ2) is 8.27. The second-order valence-corrected chi connectivity index (χ2v) is 8.70. The van der Waals surface area contributed by atoms with Crippen molar-refractivity contribution in [2.24, 2.45) is 11.8 Å². The van der Waals surface area contributed by atoms with Crippen LogP contribution in [0, 0.1) is 11.8 Å². The Bertz CT molecular complexity index is 415. The minimum Gasteiger partial charge on any atom is -0.444 e. The summed E-state index contributed by atoms with van der Waals surface area (Å²) in [5.41, 5.74) is -0.487. The third-order valence-electron chi connectivity index (χ3n) is 4.42. The maximum absolute atomic E-state index is 12.8. The number of rotatable bonds is 3. The third kappa shape index (κ3) is 5.90. The second-order valence-electron chi connectivity index (χ2n) is 7.47. The van der Waals surface area contributed by atoms with E-state index in [4.69, 9.17) is 4.74 Å². The predicted octanol–water partition coefficient (Wildman–Crippen LogP) is 2.89. The van der Waals surface area contributed by atoms with E-state index in [1.807, 2.05) is 37.4 Å². The first-order valence-corrected chi connectivity index (χ1v) is 9.85. The van der Waals surface area contributed by atoms with Crippen molar-refractivity contribution >= 4 is 23.8 Å². The fourth-order valence-electron chi connectivity index (χ4n) is 3.34. The van der Waals surface area contributed by atoms with Gasteiger partial charge in [0.25, 0.3) is 0 Å². The lowest BCUT2D eigenvalue weighted by atomic mass is 9.94. The zero-order valence-electron chi connectivity index (χ0n) is 14.6. The molecule has 1 heterocycles. The van der Waals surface area contributed by atoms with Crippen molar-refractivity contribution in [3.63, 3.8) is 0 Å². The normalized spacial score (nSPS) is 25.8. The summed E-state index contributed by atoms with van der Waals surface area (Å²) in [5.74, 6) is 2.79. The minimum atomic E-state index is -0.487. The van der Waals surface area contributed by atoms with Crippen LogP contribution in [0.4, 0.5) is 4.79 Å². The van der Waals surface area contributed by atoms with Gasteiger partial charge in [0.2, 0.25) is 5.91 Å². The number of alkyl carbamates (subject to hydrolysis) is 1. The number of ether oxygens (including phenoxy) is 1. The molecule has 2 amide bonds. The van der Waals surface area contributed by atoms with Crippen molar-refractivity contribution in [2.75, 3.05) is 31.1 Å². The molecule has 2 atom stereocenters. The molecule has 2 aliphatic rings. The lowest BCUT2D eigenvalue weighted by Crippen LogP contribution is -2.42. The number of hydrogen-bond donors (Lipinski definition) is 1. The molecule has 6 heteroatoms. The summed E-state index contributed by atoms with van der Waals surface area (Å²) in [5, 5.41) is 2.85. The Hall–Kier alpha value is -0.910. The standard InChI is InChI=1S/C17H30N2O3S/c1-17(2,3)22-16(21)18-12-13-6-4-7-14(13)15(20)19-8-5-10-23-11-9-19/h13-14H,4-12H2,1-3H3,(H,18,21). The highest BCUT2D eigenvalue weighted by atomic mass is 32.2. The number of thioether (sulfide) groups is 1. The van der Waals surface area contributed by atoms with Gasteiger partial charge >= 0.3 is 6.09 Å². The van der Waals surface area contributed by atoms with E-state index in [9.17, 15) is 9.59 Å². The first kappa shape index (κ1) is 18.4. The van der Waals surface area contributed by atoms with Crippen molar-refractivity contribution in [3.05, 3.63) is 0 Å². The third-order valence-corrected chi connectivity index (χ3v) is 5.47. The molecule has 1 aliphatic heterocycles. The van der Waals surface area contributed by atoms with Gasteiger partial charge in [-0.3, -0.25) is 4.79 Å². The van der Waals surface area contributed by atoms with Crippen molar-refractivity contribution < 1.29 is 14.3 Å². The number of hydrogen-bond acceptors (Lipinski definition) is 4. The SMILES string of the molecule is CC(C)(C)OC(=O)NCC1CCCC1C(=O)N1CCCSCC1. The van der Waals surface area contributed by atoms with E-state index in [-0.39, 0.29) is 17.9 Å². The summed E-state index contributed by atoms with van der Waals surface area (Å²) in [6.07, 6.45) is 3.73. The maximum atomic E-state index is 12.8. The van der Waals surface area contributed by atoms with Gasteiger partial charge in [0.1, 0.15) is 5.60 Å². The monoisotopic (exact) mass is 342 g/mol. The van der Waals surface area contributed by atoms with Crippen LogP contribution in [0.3, 0.4) is 0 Å². The van der Waals surface area contributed by atoms with Crippen molar-refractivity contribution in [1.29, 1.82) is 0 Å². The van der Waals surface area contributed by atoms with E-state index in [0.29, 0.717) is 12.5 Å². The molecule has 5 nitrogen and oxygen atoms in total. The van der Waals surface area contributed by atoms with Crippen molar-refractivity contribution in [2.45, 2.75) is 52.1 Å². The van der Waals surface area contributed by atoms with Crippen LogP contribution in [0.25, 0.3) is 0 Å². The molecule has 0 aromatic rings. The molecule has 0 spiro atoms. The van der Waals surface area contributed by atoms with Crippen LogP contribution in [0.1, 0.15) is 46.5 Å². The Kier molecular flexibility index (Phi) is 6.62. The van der Waals surface area contributed by atoms with E-state index < -0.39 is 5.60 Å². The number of carbonyl (C=O) groups is 2. The molecule has 1 aliphatic carbocycles. The molecule has 23 heavy (non-hydrogen) atoms. The molecular formula is C17H30N2O3S. The fraction of sp³-hybridized carbons (Fsp3) is 0.882. The van der Waals surface area contributed by atoms with Gasteiger partial charge in [0.15, 0.2) is 0 Å². The smallest absolute Gasteiger partial charge is 0.407 e. The first-order valence-electron chi connectivity index (χ1n) is 8.70. The number of nitrogens with zero attached hydrogens (tertiary/aromatic N) is 1. The van der Waals surface area contributed by atoms with Crippen LogP contribution in [-0.4, -0.2) is 53.6 Å². The van der Waals surface area contributed by atoms with Crippen molar-refractivity contribution in [1.82, 2.24) is 10.2 Å². The van der Waals surface area contributed by atoms with Gasteiger partial charge < -0.3 is 15.0 Å². The quantitative estimate of drug-likeness (QED) is 0.857. The van der Waals surface area contributed by atoms with Gasteiger partial charge in [0, 0.05) is 31.3 Å². The average molecular weight is 343 g/mol. The van der Waals surface area contributed by atoms with Gasteiger partial charge in [-0.05, 0) is 51.7 Å². The van der Waals surface area contributed by atoms with E-state index >= 15 is 0 Å². The Balaban J connectivity index is 1.84. The van der Waals surface area contributed by atoms with E-state index in [0.717, 1.165) is 50.3 Å². The largest absolute Gasteiger partial charge is 0.444 e. The summed E-state index contributed by atoms with van der Waals surface area (Å²) >= 11 is 1.93. The molecule has 132 valence electrons. The highest BCUT2D eigenvalue weighted by molar-refractivity contribution is 7.99. The molecule has 0 radical (unpaired) electrons. The summed E-state index contributed by atoms with van der Waals surface area (Å²) < 4.78 is 5.28. The van der Waals surface area contributed by atoms with Crippen LogP contribution in [0.2, 0.25) is 0 Å². The molecular weight excluding hydrogens is 312 g/mol. The molecule has 1 saturated carbocycles. The Labute approximate surface area is 143 Å². The van der Waals surface area contributed by atoms with Crippen LogP contribution in [0.15, 0.2) is 0 Å². The Morgan fingerprint density at radius 1 is 1.17 bits per heavy atom. The fourth-order valence-corrected chi connectivity index (χ4v) is 4.22. The van der Waals surface area contributed by atoms with Gasteiger partial charge in [-0.15, -0.1) is 0 Å². The Morgan fingerprint density at radius 2 is 1.96 bits per heavy atom. The van der Waals surface area contributed by atoms with Gasteiger partial charge in [0.05, 0.1) is 0 Å². The number of carbonyl (C=O) groups excluding carboxylic acids is 2. The highest BCUT2D eigenvalue weighted by Crippen LogP contribution is 2.33. The molecule has 0 aromatic heterocycles. The van der Waals surface area contributed by atoms with E-state index in [1.54, 1.807) is 0 Å². The van der Waals surface area contributed by atoms with Gasteiger partial charge in [-0.2, -0.15) is 11.8 Å². The van der Waals surface area contributed by atoms with E-state index in [1.165, 1.54) is 0 Å². The van der Waals surface area contributed by atoms with Crippen LogP contribution in [0.5, 0.6) is 0 Å². The average Bonchev–Trinajstić information content (AvgIpc) is 2.75. The summed E-state index contributed by atoms with van der Waals surface area (Å²) in [6.45, 7) is 7.85. The zero-order valence-corrected chi connectivity index (χ0v) is 15.4. The molecule has 0 aromatic carbocycles. The summed E-state index contributed by atoms with van der Waals surface area (Å²) in [4.78, 5) is 26.7.